The first-order valence-electron chi connectivity index (χ1n) is 19.5. The molecule has 290 valence electrons. The molecule has 0 heterocycles. The van der Waals surface area contributed by atoms with Gasteiger partial charge in [0.2, 0.25) is 0 Å². The zero-order valence-electron chi connectivity index (χ0n) is 32.0. The Morgan fingerprint density at radius 3 is 1.18 bits per heavy atom. The van der Waals surface area contributed by atoms with Crippen molar-refractivity contribution in [3.8, 4) is 0 Å². The molecule has 0 atom stereocenters. The highest BCUT2D eigenvalue weighted by atomic mass is 79.9. The van der Waals surface area contributed by atoms with Crippen molar-refractivity contribution in [3.63, 3.8) is 0 Å². The predicted molar refractivity (Wildman–Crippen MR) is 214 cm³/mol. The molecular formula is C38H76BrN4O5P. The van der Waals surface area contributed by atoms with Crippen LogP contribution in [0.1, 0.15) is 155 Å². The first-order chi connectivity index (χ1) is 23.9. The molecule has 0 aromatic heterocycles. The van der Waals surface area contributed by atoms with Crippen molar-refractivity contribution in [2.75, 3.05) is 51.9 Å². The first-order valence-corrected chi connectivity index (χ1v) is 22.3. The summed E-state index contributed by atoms with van der Waals surface area (Å²) >= 11 is 3.46. The van der Waals surface area contributed by atoms with Gasteiger partial charge in [-0.05, 0) is 89.9 Å². The molecule has 0 aromatic carbocycles. The maximum Gasteiger partial charge on any atom is 0.330 e. The highest BCUT2D eigenvalue weighted by Crippen LogP contribution is 2.47. The molecular weight excluding hydrogens is 703 g/mol. The van der Waals surface area contributed by atoms with Crippen molar-refractivity contribution < 1.29 is 23.2 Å². The molecule has 11 heteroatoms. The van der Waals surface area contributed by atoms with E-state index >= 15 is 0 Å². The monoisotopic (exact) mass is 778 g/mol. The molecule has 0 saturated carbocycles. The Morgan fingerprint density at radius 2 is 0.837 bits per heavy atom. The lowest BCUT2D eigenvalue weighted by Crippen LogP contribution is -2.36. The topological polar surface area (TPSA) is 118 Å². The third-order valence-corrected chi connectivity index (χ3v) is 10.5. The number of alkyl halides is 1. The summed E-state index contributed by atoms with van der Waals surface area (Å²) in [5, 5.41) is 12.7. The van der Waals surface area contributed by atoms with Crippen LogP contribution in [-0.4, -0.2) is 64.0 Å². The van der Waals surface area contributed by atoms with Crippen LogP contribution in [0.4, 0.5) is 9.59 Å². The van der Waals surface area contributed by atoms with Crippen LogP contribution in [-0.2, 0) is 13.6 Å². The van der Waals surface area contributed by atoms with Crippen LogP contribution < -0.4 is 21.3 Å². The zero-order chi connectivity index (χ0) is 36.5. The molecule has 0 radical (unpaired) electrons. The van der Waals surface area contributed by atoms with E-state index in [1.165, 1.54) is 65.6 Å². The minimum Gasteiger partial charge on any atom is -0.338 e. The average Bonchev–Trinajstić information content (AvgIpc) is 3.11. The zero-order valence-corrected chi connectivity index (χ0v) is 34.5. The number of halogens is 1. The molecule has 4 N–H and O–H groups in total. The van der Waals surface area contributed by atoms with Gasteiger partial charge in [0.05, 0.1) is 6.16 Å². The van der Waals surface area contributed by atoms with Crippen LogP contribution in [0.2, 0.25) is 0 Å². The summed E-state index contributed by atoms with van der Waals surface area (Å²) in [6.07, 6.45) is 34.7. The van der Waals surface area contributed by atoms with E-state index in [2.05, 4.69) is 75.3 Å². The minimum absolute atomic E-state index is 0.0184. The molecule has 0 spiro atoms. The average molecular weight is 780 g/mol. The number of hydrogen-bond donors (Lipinski definition) is 4. The van der Waals surface area contributed by atoms with Crippen molar-refractivity contribution in [1.82, 2.24) is 21.3 Å². The maximum absolute atomic E-state index is 11.9. The van der Waals surface area contributed by atoms with Gasteiger partial charge in [0.25, 0.3) is 0 Å². The van der Waals surface area contributed by atoms with E-state index in [1.807, 2.05) is 0 Å². The van der Waals surface area contributed by atoms with Crippen molar-refractivity contribution in [3.05, 3.63) is 24.3 Å². The first kappa shape index (κ1) is 49.8. The van der Waals surface area contributed by atoms with Gasteiger partial charge in [-0.25, -0.2) is 9.59 Å². The Morgan fingerprint density at radius 1 is 0.510 bits per heavy atom. The minimum atomic E-state index is -2.82. The van der Waals surface area contributed by atoms with Gasteiger partial charge in [0.15, 0.2) is 0 Å². The number of rotatable bonds is 33. The lowest BCUT2D eigenvalue weighted by Gasteiger charge is -2.12. The molecule has 0 unspecified atom stereocenters. The molecule has 9 nitrogen and oxygen atoms in total. The fourth-order valence-electron chi connectivity index (χ4n) is 4.82. The highest BCUT2D eigenvalue weighted by molar-refractivity contribution is 9.09. The van der Waals surface area contributed by atoms with Crippen LogP contribution in [0.25, 0.3) is 0 Å². The van der Waals surface area contributed by atoms with Crippen molar-refractivity contribution in [2.45, 2.75) is 155 Å². The van der Waals surface area contributed by atoms with E-state index < -0.39 is 7.60 Å². The van der Waals surface area contributed by atoms with E-state index in [1.54, 1.807) is 0 Å². The van der Waals surface area contributed by atoms with Crippen molar-refractivity contribution in [2.24, 2.45) is 0 Å². The Kier molecular flexibility index (Phi) is 41.7. The Balaban J connectivity index is 0. The summed E-state index contributed by atoms with van der Waals surface area (Å²) in [5.74, 6) is 0. The van der Waals surface area contributed by atoms with E-state index in [4.69, 9.17) is 9.05 Å². The fraction of sp³-hybridized carbons (Fsp3) is 0.842. The van der Waals surface area contributed by atoms with Crippen molar-refractivity contribution >= 4 is 35.6 Å². The van der Waals surface area contributed by atoms with Crippen LogP contribution in [0.3, 0.4) is 0 Å². The lowest BCUT2D eigenvalue weighted by atomic mass is 10.1. The number of carbonyl (C=O) groups excluding carboxylic acids is 2. The quantitative estimate of drug-likeness (QED) is 0.0229. The van der Waals surface area contributed by atoms with Gasteiger partial charge in [-0.15, -0.1) is 0 Å². The van der Waals surface area contributed by atoms with Gasteiger partial charge in [0, 0.05) is 45.7 Å². The molecule has 0 bridgehead atoms. The normalized spacial score (nSPS) is 11.4. The lowest BCUT2D eigenvalue weighted by molar-refractivity contribution is 0.239. The van der Waals surface area contributed by atoms with E-state index in [0.29, 0.717) is 6.16 Å². The number of unbranched alkanes of at least 4 members (excludes halogenated alkanes) is 16. The summed E-state index contributed by atoms with van der Waals surface area (Å²) in [7, 11) is 0.0577. The van der Waals surface area contributed by atoms with Gasteiger partial charge in [-0.2, -0.15) is 0 Å². The number of allylic oxidation sites excluding steroid dienone is 4. The predicted octanol–water partition coefficient (Wildman–Crippen LogP) is 11.2. The number of amides is 4. The molecule has 0 aliphatic rings. The van der Waals surface area contributed by atoms with Crippen LogP contribution >= 0.6 is 23.5 Å². The van der Waals surface area contributed by atoms with Gasteiger partial charge >= 0.3 is 19.7 Å². The SMILES string of the molecule is CCCCCNC(=O)NCCCC/C=C\CCCCCCBr.CCCCCNC(=O)NCCCC/C=C\CCCCCCP(=O)(OC)OC. The molecule has 0 aromatic rings. The Labute approximate surface area is 310 Å². The second-order valence-corrected chi connectivity index (χ2v) is 15.7. The maximum atomic E-state index is 11.9. The van der Waals surface area contributed by atoms with Gasteiger partial charge in [0.1, 0.15) is 0 Å². The van der Waals surface area contributed by atoms with Gasteiger partial charge < -0.3 is 30.3 Å². The van der Waals surface area contributed by atoms with Crippen LogP contribution in [0.15, 0.2) is 24.3 Å². The molecule has 49 heavy (non-hydrogen) atoms. The molecule has 0 rings (SSSR count). The Bertz CT molecular complexity index is 824. The molecule has 0 saturated heterocycles. The molecule has 0 fully saturated rings. The van der Waals surface area contributed by atoms with Crippen LogP contribution in [0.5, 0.6) is 0 Å². The third-order valence-electron chi connectivity index (χ3n) is 7.99. The number of hydrogen-bond acceptors (Lipinski definition) is 5. The summed E-state index contributed by atoms with van der Waals surface area (Å²) in [6, 6.07) is -0.0656. The summed E-state index contributed by atoms with van der Waals surface area (Å²) in [5.41, 5.74) is 0. The van der Waals surface area contributed by atoms with Gasteiger partial charge in [-0.1, -0.05) is 105 Å². The number of nitrogens with one attached hydrogen (secondary N) is 4. The molecule has 0 aliphatic carbocycles. The van der Waals surface area contributed by atoms with E-state index in [-0.39, 0.29) is 12.1 Å². The number of carbonyl (C=O) groups is 2. The van der Waals surface area contributed by atoms with Crippen molar-refractivity contribution in [1.29, 1.82) is 0 Å². The second kappa shape index (κ2) is 41.1. The van der Waals surface area contributed by atoms with E-state index in [9.17, 15) is 14.2 Å². The fourth-order valence-corrected chi connectivity index (χ4v) is 6.34. The number of urea groups is 2. The van der Waals surface area contributed by atoms with Gasteiger partial charge in [-0.3, -0.25) is 4.57 Å². The third kappa shape index (κ3) is 41.0. The standard InChI is InChI=1S/C20H41N2O4P.C18H35BrN2O/c1-4-5-14-17-21-20(23)22-18-15-12-10-8-6-7-9-11-13-16-19-27(24,25-2)26-3;1-2-3-13-16-20-18(22)21-17-14-11-9-7-5-4-6-8-10-12-15-19/h6,8H,4-5,7,9-19H2,1-3H3,(H2,21,22,23);5,7H,2-4,6,8-17H2,1H3,(H2,20,21,22)/b8-6-;7-5-. The summed E-state index contributed by atoms with van der Waals surface area (Å²) in [6.45, 7) is 7.39. The van der Waals surface area contributed by atoms with Crippen LogP contribution in [0, 0.1) is 0 Å². The Hall–Kier alpha value is -1.35. The van der Waals surface area contributed by atoms with E-state index in [0.717, 1.165) is 121 Å². The smallest absolute Gasteiger partial charge is 0.330 e. The molecule has 0 aliphatic heterocycles. The second-order valence-electron chi connectivity index (χ2n) is 12.5. The molecule has 4 amide bonds. The highest BCUT2D eigenvalue weighted by Gasteiger charge is 2.19. The summed E-state index contributed by atoms with van der Waals surface area (Å²) < 4.78 is 21.7. The largest absolute Gasteiger partial charge is 0.338 e. The summed E-state index contributed by atoms with van der Waals surface area (Å²) in [4.78, 5) is 23.0.